The van der Waals surface area contributed by atoms with Crippen LogP contribution in [0.15, 0.2) is 34.2 Å². The second-order valence-corrected chi connectivity index (χ2v) is 6.53. The van der Waals surface area contributed by atoms with Crippen LogP contribution in [0.5, 0.6) is 0 Å². The third-order valence-electron chi connectivity index (χ3n) is 2.92. The fraction of sp³-hybridized carbons (Fsp3) is 0.533. The van der Waals surface area contributed by atoms with Crippen molar-refractivity contribution in [2.45, 2.75) is 25.3 Å². The standard InChI is InChI=1S/C15H26N4O3S.HI/c1-4-16-15(17-5-2)18-12-13-7-6-8-14(11-13)23(20,21)19-9-10-22-3;/h6-8,11,19H,4-5,9-10,12H2,1-3H3,(H2,16,17,18);1H. The molecule has 9 heteroatoms. The lowest BCUT2D eigenvalue weighted by atomic mass is 10.2. The number of ether oxygens (including phenoxy) is 1. The lowest BCUT2D eigenvalue weighted by Gasteiger charge is -2.10. The molecule has 7 nitrogen and oxygen atoms in total. The Morgan fingerprint density at radius 3 is 2.46 bits per heavy atom. The van der Waals surface area contributed by atoms with E-state index in [0.717, 1.165) is 18.7 Å². The zero-order valence-electron chi connectivity index (χ0n) is 14.3. The number of hydrogen-bond acceptors (Lipinski definition) is 4. The smallest absolute Gasteiger partial charge is 0.240 e. The van der Waals surface area contributed by atoms with Crippen molar-refractivity contribution in [3.8, 4) is 0 Å². The third kappa shape index (κ3) is 8.27. The summed E-state index contributed by atoms with van der Waals surface area (Å²) in [6, 6.07) is 6.77. The highest BCUT2D eigenvalue weighted by molar-refractivity contribution is 14.0. The van der Waals surface area contributed by atoms with E-state index < -0.39 is 10.0 Å². The van der Waals surface area contributed by atoms with Crippen LogP contribution in [0, 0.1) is 0 Å². The average molecular weight is 470 g/mol. The molecule has 0 aliphatic carbocycles. The normalized spacial score (nSPS) is 10.6. The SMILES string of the molecule is CCNC(=NCc1cccc(S(=O)(=O)NCCOC)c1)NCC.I. The van der Waals surface area contributed by atoms with Gasteiger partial charge in [-0.1, -0.05) is 12.1 Å². The summed E-state index contributed by atoms with van der Waals surface area (Å²) in [5.41, 5.74) is 0.827. The highest BCUT2D eigenvalue weighted by Crippen LogP contribution is 2.12. The molecule has 0 atom stereocenters. The molecular formula is C15H27IN4O3S. The van der Waals surface area contributed by atoms with Crippen molar-refractivity contribution in [2.75, 3.05) is 33.4 Å². The molecule has 0 saturated heterocycles. The van der Waals surface area contributed by atoms with Gasteiger partial charge in [0, 0.05) is 26.7 Å². The summed E-state index contributed by atoms with van der Waals surface area (Å²) in [5.74, 6) is 0.710. The number of halogens is 1. The van der Waals surface area contributed by atoms with Crippen molar-refractivity contribution >= 4 is 40.0 Å². The molecule has 1 aromatic carbocycles. The first-order chi connectivity index (χ1) is 11.0. The molecule has 0 aliphatic heterocycles. The van der Waals surface area contributed by atoms with Crippen LogP contribution >= 0.6 is 24.0 Å². The average Bonchev–Trinajstić information content (AvgIpc) is 2.53. The van der Waals surface area contributed by atoms with Gasteiger partial charge in [0.2, 0.25) is 10.0 Å². The Hall–Kier alpha value is -0.910. The van der Waals surface area contributed by atoms with Gasteiger partial charge in [0.25, 0.3) is 0 Å². The van der Waals surface area contributed by atoms with E-state index in [1.165, 1.54) is 7.11 Å². The van der Waals surface area contributed by atoms with Gasteiger partial charge < -0.3 is 15.4 Å². The van der Waals surface area contributed by atoms with Gasteiger partial charge in [-0.15, -0.1) is 24.0 Å². The van der Waals surface area contributed by atoms with Crippen LogP contribution in [0.25, 0.3) is 0 Å². The number of rotatable bonds is 9. The lowest BCUT2D eigenvalue weighted by molar-refractivity contribution is 0.204. The Balaban J connectivity index is 0.00000529. The largest absolute Gasteiger partial charge is 0.383 e. The molecule has 3 N–H and O–H groups in total. The number of aliphatic imine (C=N–C) groups is 1. The Labute approximate surface area is 161 Å². The summed E-state index contributed by atoms with van der Waals surface area (Å²) in [5, 5.41) is 6.25. The molecule has 0 aromatic heterocycles. The van der Waals surface area contributed by atoms with E-state index in [4.69, 9.17) is 4.74 Å². The summed E-state index contributed by atoms with van der Waals surface area (Å²) >= 11 is 0. The summed E-state index contributed by atoms with van der Waals surface area (Å²) in [6.45, 7) is 6.49. The number of sulfonamides is 1. The monoisotopic (exact) mass is 470 g/mol. The van der Waals surface area contributed by atoms with E-state index in [9.17, 15) is 8.42 Å². The van der Waals surface area contributed by atoms with Crippen molar-refractivity contribution in [3.63, 3.8) is 0 Å². The van der Waals surface area contributed by atoms with E-state index in [1.54, 1.807) is 18.2 Å². The van der Waals surface area contributed by atoms with Crippen molar-refractivity contribution in [1.82, 2.24) is 15.4 Å². The van der Waals surface area contributed by atoms with E-state index in [1.807, 2.05) is 19.9 Å². The van der Waals surface area contributed by atoms with Crippen LogP contribution in [0.2, 0.25) is 0 Å². The molecule has 24 heavy (non-hydrogen) atoms. The van der Waals surface area contributed by atoms with Gasteiger partial charge in [-0.25, -0.2) is 18.1 Å². The minimum atomic E-state index is -3.52. The van der Waals surface area contributed by atoms with Gasteiger partial charge in [0.1, 0.15) is 0 Å². The van der Waals surface area contributed by atoms with E-state index in [0.29, 0.717) is 19.1 Å². The molecule has 0 bridgehead atoms. The molecule has 0 radical (unpaired) electrons. The molecule has 0 heterocycles. The zero-order valence-corrected chi connectivity index (χ0v) is 17.5. The highest BCUT2D eigenvalue weighted by Gasteiger charge is 2.13. The molecule has 0 unspecified atom stereocenters. The molecule has 0 spiro atoms. The summed E-state index contributed by atoms with van der Waals surface area (Å²) in [6.07, 6.45) is 0. The first-order valence-corrected chi connectivity index (χ1v) is 9.11. The topological polar surface area (TPSA) is 91.8 Å². The van der Waals surface area contributed by atoms with Crippen molar-refractivity contribution in [2.24, 2.45) is 4.99 Å². The zero-order chi connectivity index (χ0) is 17.1. The Kier molecular flexibility index (Phi) is 12.0. The van der Waals surface area contributed by atoms with Crippen molar-refractivity contribution in [3.05, 3.63) is 29.8 Å². The van der Waals surface area contributed by atoms with Gasteiger partial charge in [0.05, 0.1) is 18.0 Å². The fourth-order valence-corrected chi connectivity index (χ4v) is 2.93. The van der Waals surface area contributed by atoms with Crippen molar-refractivity contribution in [1.29, 1.82) is 0 Å². The molecular weight excluding hydrogens is 443 g/mol. The van der Waals surface area contributed by atoms with Gasteiger partial charge in [-0.2, -0.15) is 0 Å². The fourth-order valence-electron chi connectivity index (χ4n) is 1.85. The quantitative estimate of drug-likeness (QED) is 0.219. The first kappa shape index (κ1) is 23.1. The highest BCUT2D eigenvalue weighted by atomic mass is 127. The molecule has 1 rings (SSSR count). The van der Waals surface area contributed by atoms with E-state index in [2.05, 4.69) is 20.3 Å². The van der Waals surface area contributed by atoms with Gasteiger partial charge in [-0.3, -0.25) is 0 Å². The third-order valence-corrected chi connectivity index (χ3v) is 4.37. The van der Waals surface area contributed by atoms with Crippen LogP contribution in [0.1, 0.15) is 19.4 Å². The number of nitrogens with zero attached hydrogens (tertiary/aromatic N) is 1. The molecule has 0 saturated carbocycles. The molecule has 1 aromatic rings. The first-order valence-electron chi connectivity index (χ1n) is 7.63. The Morgan fingerprint density at radius 1 is 1.21 bits per heavy atom. The minimum absolute atomic E-state index is 0. The maximum Gasteiger partial charge on any atom is 0.240 e. The van der Waals surface area contributed by atoms with Gasteiger partial charge in [0.15, 0.2) is 5.96 Å². The molecule has 0 amide bonds. The minimum Gasteiger partial charge on any atom is -0.383 e. The number of nitrogens with one attached hydrogen (secondary N) is 3. The molecule has 0 aliphatic rings. The predicted octanol–water partition coefficient (Wildman–Crippen LogP) is 1.30. The number of benzene rings is 1. The maximum absolute atomic E-state index is 12.2. The molecule has 0 fully saturated rings. The van der Waals surface area contributed by atoms with Gasteiger partial charge in [-0.05, 0) is 31.5 Å². The number of methoxy groups -OCH3 is 1. The Morgan fingerprint density at radius 2 is 1.88 bits per heavy atom. The van der Waals surface area contributed by atoms with Gasteiger partial charge >= 0.3 is 0 Å². The van der Waals surface area contributed by atoms with Crippen molar-refractivity contribution < 1.29 is 13.2 Å². The van der Waals surface area contributed by atoms with E-state index >= 15 is 0 Å². The van der Waals surface area contributed by atoms with E-state index in [-0.39, 0.29) is 35.4 Å². The lowest BCUT2D eigenvalue weighted by Crippen LogP contribution is -2.36. The van der Waals surface area contributed by atoms with Crippen LogP contribution in [-0.4, -0.2) is 47.7 Å². The maximum atomic E-state index is 12.2. The van der Waals surface area contributed by atoms with Crippen LogP contribution in [0.4, 0.5) is 0 Å². The molecule has 138 valence electrons. The number of guanidine groups is 1. The Bertz CT molecular complexity index is 600. The van der Waals surface area contributed by atoms with Crippen LogP contribution < -0.4 is 15.4 Å². The predicted molar refractivity (Wildman–Crippen MR) is 107 cm³/mol. The summed E-state index contributed by atoms with van der Waals surface area (Å²) < 4.78 is 31.7. The summed E-state index contributed by atoms with van der Waals surface area (Å²) in [7, 11) is -2.00. The van der Waals surface area contributed by atoms with Crippen LogP contribution in [0.3, 0.4) is 0 Å². The van der Waals surface area contributed by atoms with Crippen LogP contribution in [-0.2, 0) is 21.3 Å². The summed E-state index contributed by atoms with van der Waals surface area (Å²) in [4.78, 5) is 4.66. The second-order valence-electron chi connectivity index (χ2n) is 4.76. The number of hydrogen-bond donors (Lipinski definition) is 3. The second kappa shape index (κ2) is 12.5.